The third-order valence-electron chi connectivity index (χ3n) is 2.78. The van der Waals surface area contributed by atoms with Gasteiger partial charge in [-0.1, -0.05) is 18.5 Å². The third-order valence-corrected chi connectivity index (χ3v) is 3.27. The zero-order chi connectivity index (χ0) is 12.8. The second-order valence-corrected chi connectivity index (χ2v) is 4.61. The SMILES string of the molecule is CCCOCC(Cc1c(Cl)c(C)nn1C)NC. The van der Waals surface area contributed by atoms with Crippen molar-refractivity contribution in [3.63, 3.8) is 0 Å². The lowest BCUT2D eigenvalue weighted by atomic mass is 10.1. The average Bonchev–Trinajstić information content (AvgIpc) is 2.54. The molecule has 0 radical (unpaired) electrons. The molecule has 1 atom stereocenters. The smallest absolute Gasteiger partial charge is 0.0847 e. The number of aromatic nitrogens is 2. The van der Waals surface area contributed by atoms with Crippen LogP contribution in [0.3, 0.4) is 0 Å². The van der Waals surface area contributed by atoms with Crippen LogP contribution in [0, 0.1) is 6.92 Å². The van der Waals surface area contributed by atoms with Crippen molar-refractivity contribution in [2.24, 2.45) is 7.05 Å². The molecule has 1 unspecified atom stereocenters. The van der Waals surface area contributed by atoms with E-state index in [1.54, 1.807) is 0 Å². The number of aryl methyl sites for hydroxylation is 2. The lowest BCUT2D eigenvalue weighted by Gasteiger charge is -2.16. The van der Waals surface area contributed by atoms with E-state index in [4.69, 9.17) is 16.3 Å². The zero-order valence-corrected chi connectivity index (χ0v) is 11.8. The predicted molar refractivity (Wildman–Crippen MR) is 70.6 cm³/mol. The number of nitrogens with one attached hydrogen (secondary N) is 1. The molecule has 0 aliphatic rings. The molecule has 0 amide bonds. The first-order chi connectivity index (χ1) is 8.10. The molecule has 0 spiro atoms. The molecule has 0 aromatic carbocycles. The van der Waals surface area contributed by atoms with Gasteiger partial charge in [0.2, 0.25) is 0 Å². The highest BCUT2D eigenvalue weighted by Crippen LogP contribution is 2.20. The Morgan fingerprint density at radius 2 is 2.24 bits per heavy atom. The van der Waals surface area contributed by atoms with Crippen molar-refractivity contribution in [1.29, 1.82) is 0 Å². The maximum absolute atomic E-state index is 6.22. The molecule has 98 valence electrons. The Labute approximate surface area is 108 Å². The summed E-state index contributed by atoms with van der Waals surface area (Å²) < 4.78 is 7.41. The minimum absolute atomic E-state index is 0.272. The van der Waals surface area contributed by atoms with Crippen LogP contribution in [-0.2, 0) is 18.2 Å². The van der Waals surface area contributed by atoms with E-state index < -0.39 is 0 Å². The van der Waals surface area contributed by atoms with Crippen LogP contribution in [-0.4, -0.2) is 36.1 Å². The molecule has 5 heteroatoms. The lowest BCUT2D eigenvalue weighted by Crippen LogP contribution is -2.33. The van der Waals surface area contributed by atoms with Gasteiger partial charge in [0.1, 0.15) is 0 Å². The van der Waals surface area contributed by atoms with Crippen LogP contribution in [0.4, 0.5) is 0 Å². The van der Waals surface area contributed by atoms with E-state index in [0.717, 1.165) is 35.9 Å². The maximum atomic E-state index is 6.22. The number of hydrogen-bond acceptors (Lipinski definition) is 3. The largest absolute Gasteiger partial charge is 0.380 e. The van der Waals surface area contributed by atoms with Gasteiger partial charge in [-0.05, 0) is 20.4 Å². The van der Waals surface area contributed by atoms with Gasteiger partial charge in [0, 0.05) is 26.1 Å². The fraction of sp³-hybridized carbons (Fsp3) is 0.750. The summed E-state index contributed by atoms with van der Waals surface area (Å²) in [5.74, 6) is 0. The number of halogens is 1. The van der Waals surface area contributed by atoms with Gasteiger partial charge in [0.05, 0.1) is 23.0 Å². The van der Waals surface area contributed by atoms with Gasteiger partial charge in [-0.2, -0.15) is 5.10 Å². The van der Waals surface area contributed by atoms with Crippen molar-refractivity contribution in [3.8, 4) is 0 Å². The molecule has 0 saturated heterocycles. The van der Waals surface area contributed by atoms with Crippen LogP contribution in [0.1, 0.15) is 24.7 Å². The summed E-state index contributed by atoms with van der Waals surface area (Å²) in [4.78, 5) is 0. The van der Waals surface area contributed by atoms with Gasteiger partial charge < -0.3 is 10.1 Å². The average molecular weight is 260 g/mol. The lowest BCUT2D eigenvalue weighted by molar-refractivity contribution is 0.113. The van der Waals surface area contributed by atoms with Crippen molar-refractivity contribution in [2.75, 3.05) is 20.3 Å². The van der Waals surface area contributed by atoms with E-state index in [1.165, 1.54) is 0 Å². The van der Waals surface area contributed by atoms with Crippen molar-refractivity contribution < 1.29 is 4.74 Å². The molecule has 17 heavy (non-hydrogen) atoms. The number of likely N-dealkylation sites (N-methyl/N-ethyl adjacent to an activating group) is 1. The summed E-state index contributed by atoms with van der Waals surface area (Å²) in [6.45, 7) is 5.53. The van der Waals surface area contributed by atoms with E-state index in [0.29, 0.717) is 6.61 Å². The summed E-state index contributed by atoms with van der Waals surface area (Å²) in [7, 11) is 3.87. The topological polar surface area (TPSA) is 39.1 Å². The Kier molecular flexibility index (Phi) is 5.95. The standard InChI is InChI=1S/C12H22ClN3O/c1-5-6-17-8-10(14-3)7-11-12(13)9(2)15-16(11)4/h10,14H,5-8H2,1-4H3. The summed E-state index contributed by atoms with van der Waals surface area (Å²) in [6, 6.07) is 0.272. The van der Waals surface area contributed by atoms with Crippen LogP contribution in [0.2, 0.25) is 5.02 Å². The Hall–Kier alpha value is -0.580. The highest BCUT2D eigenvalue weighted by molar-refractivity contribution is 6.31. The first-order valence-corrected chi connectivity index (χ1v) is 6.40. The van der Waals surface area contributed by atoms with Gasteiger partial charge in [0.25, 0.3) is 0 Å². The van der Waals surface area contributed by atoms with Gasteiger partial charge in [-0.15, -0.1) is 0 Å². The minimum atomic E-state index is 0.272. The van der Waals surface area contributed by atoms with Crippen LogP contribution >= 0.6 is 11.6 Å². The van der Waals surface area contributed by atoms with Crippen LogP contribution in [0.25, 0.3) is 0 Å². The van der Waals surface area contributed by atoms with Crippen LogP contribution in [0.15, 0.2) is 0 Å². The third kappa shape index (κ3) is 3.98. The second kappa shape index (κ2) is 6.99. The van der Waals surface area contributed by atoms with Crippen molar-refractivity contribution in [2.45, 2.75) is 32.7 Å². The molecule has 1 N–H and O–H groups in total. The molecule has 1 rings (SSSR count). The van der Waals surface area contributed by atoms with E-state index in [2.05, 4.69) is 17.3 Å². The van der Waals surface area contributed by atoms with E-state index >= 15 is 0 Å². The molecular formula is C12H22ClN3O. The van der Waals surface area contributed by atoms with Crippen molar-refractivity contribution in [3.05, 3.63) is 16.4 Å². The van der Waals surface area contributed by atoms with E-state index in [1.807, 2.05) is 25.7 Å². The summed E-state index contributed by atoms with van der Waals surface area (Å²) in [5, 5.41) is 8.33. The molecule has 4 nitrogen and oxygen atoms in total. The highest BCUT2D eigenvalue weighted by atomic mass is 35.5. The number of ether oxygens (including phenoxy) is 1. The second-order valence-electron chi connectivity index (χ2n) is 4.23. The normalized spacial score (nSPS) is 13.0. The Balaban J connectivity index is 2.60. The highest BCUT2D eigenvalue weighted by Gasteiger charge is 2.15. The number of rotatable bonds is 7. The molecule has 0 fully saturated rings. The Morgan fingerprint density at radius 1 is 1.53 bits per heavy atom. The van der Waals surface area contributed by atoms with Gasteiger partial charge in [-0.3, -0.25) is 4.68 Å². The molecule has 1 aromatic heterocycles. The fourth-order valence-electron chi connectivity index (χ4n) is 1.75. The van der Waals surface area contributed by atoms with E-state index in [-0.39, 0.29) is 6.04 Å². The first kappa shape index (κ1) is 14.5. The van der Waals surface area contributed by atoms with Crippen molar-refractivity contribution >= 4 is 11.6 Å². The van der Waals surface area contributed by atoms with Gasteiger partial charge in [0.15, 0.2) is 0 Å². The molecule has 0 bridgehead atoms. The molecule has 1 aromatic rings. The molecule has 1 heterocycles. The Morgan fingerprint density at radius 3 is 2.71 bits per heavy atom. The van der Waals surface area contributed by atoms with E-state index in [9.17, 15) is 0 Å². The molecule has 0 saturated carbocycles. The summed E-state index contributed by atoms with van der Waals surface area (Å²) >= 11 is 6.22. The Bertz CT molecular complexity index is 352. The van der Waals surface area contributed by atoms with Crippen LogP contribution < -0.4 is 5.32 Å². The minimum Gasteiger partial charge on any atom is -0.380 e. The predicted octanol–water partition coefficient (Wildman–Crippen LogP) is 1.94. The zero-order valence-electron chi connectivity index (χ0n) is 11.1. The van der Waals surface area contributed by atoms with Gasteiger partial charge >= 0.3 is 0 Å². The quantitative estimate of drug-likeness (QED) is 0.761. The van der Waals surface area contributed by atoms with Gasteiger partial charge in [-0.25, -0.2) is 0 Å². The molecule has 0 aliphatic carbocycles. The fourth-order valence-corrected chi connectivity index (χ4v) is 1.99. The molecular weight excluding hydrogens is 238 g/mol. The maximum Gasteiger partial charge on any atom is 0.0847 e. The summed E-state index contributed by atoms with van der Waals surface area (Å²) in [6.07, 6.45) is 1.87. The first-order valence-electron chi connectivity index (χ1n) is 6.03. The number of hydrogen-bond donors (Lipinski definition) is 1. The summed E-state index contributed by atoms with van der Waals surface area (Å²) in [5.41, 5.74) is 1.94. The molecule has 0 aliphatic heterocycles. The van der Waals surface area contributed by atoms with Crippen LogP contribution in [0.5, 0.6) is 0 Å². The van der Waals surface area contributed by atoms with Crippen molar-refractivity contribution in [1.82, 2.24) is 15.1 Å². The number of nitrogens with zero attached hydrogens (tertiary/aromatic N) is 2. The monoisotopic (exact) mass is 259 g/mol.